The van der Waals surface area contributed by atoms with Crippen molar-refractivity contribution in [2.75, 3.05) is 34.6 Å². The number of nitrogens with zero attached hydrogens (tertiary/aromatic N) is 1. The van der Waals surface area contributed by atoms with Crippen LogP contribution >= 0.6 is 0 Å². The highest BCUT2D eigenvalue weighted by atomic mass is 16.7. The summed E-state index contributed by atoms with van der Waals surface area (Å²) in [5, 5.41) is 2.07. The van der Waals surface area contributed by atoms with Gasteiger partial charge in [-0.05, 0) is 54.1 Å². The molecule has 0 spiro atoms. The third kappa shape index (κ3) is 3.37. The predicted molar refractivity (Wildman–Crippen MR) is 118 cm³/mol. The van der Waals surface area contributed by atoms with Gasteiger partial charge in [0.05, 0.1) is 14.2 Å². The number of Topliss-reactive ketones (excluding diaryl/α,β-unsaturated/α-hetero) is 1. The number of rotatable bonds is 5. The van der Waals surface area contributed by atoms with E-state index in [1.807, 2.05) is 42.5 Å². The summed E-state index contributed by atoms with van der Waals surface area (Å²) in [6, 6.07) is 13.6. The number of likely N-dealkylation sites (N-methyl/N-ethyl adjacent to an activating group) is 1. The van der Waals surface area contributed by atoms with E-state index in [0.29, 0.717) is 23.5 Å². The van der Waals surface area contributed by atoms with Crippen LogP contribution in [0.5, 0.6) is 23.0 Å². The molecule has 0 radical (unpaired) electrons. The molecule has 160 valence electrons. The Morgan fingerprint density at radius 2 is 1.87 bits per heavy atom. The van der Waals surface area contributed by atoms with Crippen molar-refractivity contribution >= 4 is 16.6 Å². The van der Waals surface area contributed by atoms with Crippen LogP contribution < -0.4 is 18.9 Å². The summed E-state index contributed by atoms with van der Waals surface area (Å²) in [6.07, 6.45) is 1.24. The molecule has 0 aromatic heterocycles. The fraction of sp³-hybridized carbons (Fsp3) is 0.320. The first-order valence-electron chi connectivity index (χ1n) is 10.4. The zero-order valence-electron chi connectivity index (χ0n) is 17.9. The lowest BCUT2D eigenvalue weighted by atomic mass is 9.87. The van der Waals surface area contributed by atoms with Gasteiger partial charge in [0.15, 0.2) is 17.3 Å². The second-order valence-corrected chi connectivity index (χ2v) is 8.02. The van der Waals surface area contributed by atoms with Gasteiger partial charge >= 0.3 is 0 Å². The van der Waals surface area contributed by atoms with E-state index in [9.17, 15) is 4.79 Å². The maximum absolute atomic E-state index is 13.3. The molecule has 2 aliphatic rings. The molecule has 0 saturated carbocycles. The molecule has 0 N–H and O–H groups in total. The molecular weight excluding hydrogens is 394 g/mol. The topological polar surface area (TPSA) is 57.2 Å². The second kappa shape index (κ2) is 7.78. The van der Waals surface area contributed by atoms with Crippen LogP contribution in [0.3, 0.4) is 0 Å². The summed E-state index contributed by atoms with van der Waals surface area (Å²) in [4.78, 5) is 15.5. The van der Waals surface area contributed by atoms with Crippen molar-refractivity contribution in [2.24, 2.45) is 0 Å². The van der Waals surface area contributed by atoms with Gasteiger partial charge in [-0.1, -0.05) is 18.2 Å². The summed E-state index contributed by atoms with van der Waals surface area (Å²) >= 11 is 0. The lowest BCUT2D eigenvalue weighted by molar-refractivity contribution is 0.0925. The van der Waals surface area contributed by atoms with Crippen molar-refractivity contribution < 1.29 is 23.7 Å². The van der Waals surface area contributed by atoms with E-state index in [-0.39, 0.29) is 18.6 Å². The van der Waals surface area contributed by atoms with Gasteiger partial charge in [0, 0.05) is 30.1 Å². The molecule has 0 saturated heterocycles. The van der Waals surface area contributed by atoms with Gasteiger partial charge in [0.1, 0.15) is 5.75 Å². The Balaban J connectivity index is 1.49. The SMILES string of the molecule is COc1ccc2cc(C(=O)C[C@@H]3c4c(cc5c(c4OC)OCO5)CCN3C)ccc2c1. The molecular formula is C25H25NO5. The van der Waals surface area contributed by atoms with Gasteiger partial charge < -0.3 is 18.9 Å². The van der Waals surface area contributed by atoms with Crippen LogP contribution in [0.2, 0.25) is 0 Å². The van der Waals surface area contributed by atoms with Gasteiger partial charge in [-0.2, -0.15) is 0 Å². The Bertz CT molecular complexity index is 1170. The first-order valence-corrected chi connectivity index (χ1v) is 10.4. The molecule has 2 heterocycles. The first-order chi connectivity index (χ1) is 15.1. The van der Waals surface area contributed by atoms with Gasteiger partial charge in [-0.25, -0.2) is 0 Å². The Labute approximate surface area is 181 Å². The molecule has 3 aromatic rings. The molecule has 0 amide bonds. The quantitative estimate of drug-likeness (QED) is 0.572. The second-order valence-electron chi connectivity index (χ2n) is 8.02. The number of hydrogen-bond acceptors (Lipinski definition) is 6. The minimum absolute atomic E-state index is 0.0905. The van der Waals surface area contributed by atoms with E-state index in [2.05, 4.69) is 11.9 Å². The minimum Gasteiger partial charge on any atom is -0.497 e. The van der Waals surface area contributed by atoms with Gasteiger partial charge in [-0.15, -0.1) is 0 Å². The van der Waals surface area contributed by atoms with E-state index in [0.717, 1.165) is 46.4 Å². The van der Waals surface area contributed by atoms with Crippen LogP contribution in [-0.2, 0) is 6.42 Å². The third-order valence-electron chi connectivity index (χ3n) is 6.29. The van der Waals surface area contributed by atoms with Crippen molar-refractivity contribution in [1.82, 2.24) is 4.90 Å². The Kier molecular flexibility index (Phi) is 4.94. The molecule has 0 unspecified atom stereocenters. The van der Waals surface area contributed by atoms with Crippen LogP contribution in [-0.4, -0.2) is 45.3 Å². The molecule has 6 heteroatoms. The monoisotopic (exact) mass is 419 g/mol. The van der Waals surface area contributed by atoms with Crippen molar-refractivity contribution in [3.8, 4) is 23.0 Å². The fourth-order valence-corrected chi connectivity index (χ4v) is 4.60. The van der Waals surface area contributed by atoms with Crippen LogP contribution in [0.1, 0.15) is 33.9 Å². The normalized spacial score (nSPS) is 17.5. The number of hydrogen-bond donors (Lipinski definition) is 0. The first kappa shape index (κ1) is 19.7. The Hall–Kier alpha value is -3.25. The zero-order valence-corrected chi connectivity index (χ0v) is 17.9. The lowest BCUT2D eigenvalue weighted by Gasteiger charge is -2.35. The Morgan fingerprint density at radius 3 is 2.68 bits per heavy atom. The number of carbonyl (C=O) groups excluding carboxylic acids is 1. The molecule has 1 atom stereocenters. The van der Waals surface area contributed by atoms with E-state index in [4.69, 9.17) is 18.9 Å². The Morgan fingerprint density at radius 1 is 1.06 bits per heavy atom. The summed E-state index contributed by atoms with van der Waals surface area (Å²) < 4.78 is 22.3. The van der Waals surface area contributed by atoms with E-state index in [1.165, 1.54) is 0 Å². The maximum Gasteiger partial charge on any atom is 0.231 e. The molecule has 5 rings (SSSR count). The van der Waals surface area contributed by atoms with Gasteiger partial charge in [-0.3, -0.25) is 9.69 Å². The standard InChI is InChI=1S/C25H25NO5/c1-26-9-8-18-12-22-24(31-14-30-22)25(29-3)23(18)20(26)13-21(27)17-5-4-16-11-19(28-2)7-6-15(16)10-17/h4-7,10-12,20H,8-9,13-14H2,1-3H3/t20-/m1/s1. The van der Waals surface area contributed by atoms with Crippen LogP contribution in [0.15, 0.2) is 42.5 Å². The highest BCUT2D eigenvalue weighted by Gasteiger charge is 2.35. The van der Waals surface area contributed by atoms with Crippen molar-refractivity contribution in [2.45, 2.75) is 18.9 Å². The molecule has 31 heavy (non-hydrogen) atoms. The minimum atomic E-state index is -0.0905. The van der Waals surface area contributed by atoms with Crippen LogP contribution in [0.4, 0.5) is 0 Å². The molecule has 6 nitrogen and oxygen atoms in total. The highest BCUT2D eigenvalue weighted by Crippen LogP contribution is 2.50. The average molecular weight is 419 g/mol. The lowest BCUT2D eigenvalue weighted by Crippen LogP contribution is -2.34. The smallest absolute Gasteiger partial charge is 0.231 e. The molecule has 0 fully saturated rings. The van der Waals surface area contributed by atoms with Gasteiger partial charge in [0.25, 0.3) is 0 Å². The number of benzene rings is 3. The van der Waals surface area contributed by atoms with Crippen molar-refractivity contribution in [3.05, 3.63) is 59.2 Å². The number of ether oxygens (including phenoxy) is 4. The summed E-state index contributed by atoms with van der Waals surface area (Å²) in [5.41, 5.74) is 2.89. The molecule has 2 aliphatic heterocycles. The molecule has 0 bridgehead atoms. The van der Waals surface area contributed by atoms with Crippen molar-refractivity contribution in [1.29, 1.82) is 0 Å². The highest BCUT2D eigenvalue weighted by molar-refractivity contribution is 6.00. The van der Waals surface area contributed by atoms with Crippen molar-refractivity contribution in [3.63, 3.8) is 0 Å². The number of carbonyl (C=O) groups is 1. The maximum atomic E-state index is 13.3. The van der Waals surface area contributed by atoms with Crippen LogP contribution in [0, 0.1) is 0 Å². The molecule has 0 aliphatic carbocycles. The van der Waals surface area contributed by atoms with Gasteiger partial charge in [0.2, 0.25) is 12.5 Å². The fourth-order valence-electron chi connectivity index (χ4n) is 4.60. The van der Waals surface area contributed by atoms with E-state index >= 15 is 0 Å². The van der Waals surface area contributed by atoms with E-state index < -0.39 is 0 Å². The summed E-state index contributed by atoms with van der Waals surface area (Å²) in [7, 11) is 5.35. The zero-order chi connectivity index (χ0) is 21.5. The third-order valence-corrected chi connectivity index (χ3v) is 6.29. The largest absolute Gasteiger partial charge is 0.497 e. The summed E-state index contributed by atoms with van der Waals surface area (Å²) in [6.45, 7) is 1.06. The molecule has 3 aromatic carbocycles. The number of ketones is 1. The van der Waals surface area contributed by atoms with Crippen LogP contribution in [0.25, 0.3) is 10.8 Å². The average Bonchev–Trinajstić information content (AvgIpc) is 3.27. The number of fused-ring (bicyclic) bond motifs is 3. The number of methoxy groups -OCH3 is 2. The predicted octanol–water partition coefficient (Wildman–Crippen LogP) is 4.39. The van der Waals surface area contributed by atoms with E-state index in [1.54, 1.807) is 14.2 Å². The summed E-state index contributed by atoms with van der Waals surface area (Å²) in [5.74, 6) is 2.93.